The summed E-state index contributed by atoms with van der Waals surface area (Å²) < 4.78 is 11.0. The first-order valence-corrected chi connectivity index (χ1v) is 45.8. The van der Waals surface area contributed by atoms with Crippen LogP contribution >= 0.6 is 0 Å². The molecule has 132 heavy (non-hydrogen) atoms. The number of carboxylic acid groups (broad SMARTS) is 1. The third-order valence-corrected chi connectivity index (χ3v) is 24.7. The zero-order chi connectivity index (χ0) is 94.2. The monoisotopic (exact) mass is 1810 g/mol. The van der Waals surface area contributed by atoms with Gasteiger partial charge >= 0.3 is 24.1 Å². The van der Waals surface area contributed by atoms with E-state index in [4.69, 9.17) is 26.7 Å². The molecule has 16 N–H and O–H groups in total. The summed E-state index contributed by atoms with van der Waals surface area (Å²) in [4.78, 5) is 188. The molecule has 0 radical (unpaired) electrons. The Balaban J connectivity index is 0.000000194. The number of aryl methyl sites for hydroxylation is 1. The number of ketones is 3. The average Bonchev–Trinajstić information content (AvgIpc) is 1.69. The van der Waals surface area contributed by atoms with Crippen molar-refractivity contribution < 1.29 is 81.9 Å². The number of hydrogen-bond donors (Lipinski definition) is 13. The summed E-state index contributed by atoms with van der Waals surface area (Å²) in [6, 6.07) is 41.9. The van der Waals surface area contributed by atoms with Gasteiger partial charge in [-0.15, -0.1) is 0 Å². The van der Waals surface area contributed by atoms with E-state index in [1.54, 1.807) is 12.4 Å². The van der Waals surface area contributed by atoms with Crippen molar-refractivity contribution >= 4 is 99.9 Å². The van der Waals surface area contributed by atoms with Crippen LogP contribution in [0, 0.1) is 18.8 Å². The Hall–Kier alpha value is -13.7. The van der Waals surface area contributed by atoms with Crippen LogP contribution in [0.15, 0.2) is 193 Å². The number of likely N-dealkylation sites (tertiary alicyclic amines) is 3. The number of fused-ring (bicyclic) bond motifs is 4. The SMILES string of the molecule is C=C(N)CC[C@H](NC(=O)[C@H](CC1=CN=CC1)NC(=O)OCC1c2ccccc2-c2ccccc21)C(=O)N1CCC[C@H]1C(=O)O.CC[C@H](C(=O)C(=O)CCCCN1CCCCC1)N1CC(C)C[C@@H](NC(=O)OCc2ccccc2)C1=O.Cc1ccc(C[C@H]2NC(=O)CNC(=O)[C@@H](Cc3c[nH]c4ccccc34)CC(=O)[C@H](CCC[NH+]=C(N)N)NC(=O)[C@H](Cc3ccccc3)NC2=O)cc1. The number of alkyl carbamates (subject to hydrolysis) is 2. The van der Waals surface area contributed by atoms with Gasteiger partial charge in [0.25, 0.3) is 0 Å². The van der Waals surface area contributed by atoms with Gasteiger partial charge in [0, 0.05) is 92.2 Å². The van der Waals surface area contributed by atoms with E-state index in [0.717, 1.165) is 92.6 Å². The number of aromatic nitrogens is 1. The molecule has 6 heterocycles. The largest absolute Gasteiger partial charge is 0.480 e. The average molecular weight is 1810 g/mol. The van der Waals surface area contributed by atoms with Crippen molar-refractivity contribution in [1.82, 2.24) is 56.9 Å². The van der Waals surface area contributed by atoms with E-state index in [9.17, 15) is 67.4 Å². The van der Waals surface area contributed by atoms with E-state index >= 15 is 0 Å². The summed E-state index contributed by atoms with van der Waals surface area (Å²) >= 11 is 0. The molecule has 10 atom stereocenters. The van der Waals surface area contributed by atoms with Crippen LogP contribution < -0.4 is 59.4 Å². The minimum Gasteiger partial charge on any atom is -0.480 e. The Morgan fingerprint density at radius 1 is 0.674 bits per heavy atom. The van der Waals surface area contributed by atoms with Crippen molar-refractivity contribution in [2.45, 2.75) is 210 Å². The van der Waals surface area contributed by atoms with Gasteiger partial charge in [-0.1, -0.05) is 184 Å². The second-order valence-corrected chi connectivity index (χ2v) is 34.8. The minimum atomic E-state index is -1.09. The van der Waals surface area contributed by atoms with Crippen LogP contribution in [0.25, 0.3) is 22.0 Å². The maximum absolute atomic E-state index is 14.1. The summed E-state index contributed by atoms with van der Waals surface area (Å²) in [5, 5.41) is 29.8. The Kier molecular flexibility index (Phi) is 37.0. The highest BCUT2D eigenvalue weighted by Crippen LogP contribution is 2.45. The number of ether oxygens (including phenoxy) is 2. The molecule has 0 saturated carbocycles. The molecule has 1 aliphatic carbocycles. The zero-order valence-corrected chi connectivity index (χ0v) is 75.4. The number of Topliss-reactive ketones (excluding diaryl/α,β-unsaturated/α-hetero) is 3. The summed E-state index contributed by atoms with van der Waals surface area (Å²) in [6.45, 7) is 13.4. The van der Waals surface area contributed by atoms with Gasteiger partial charge in [-0.25, -0.2) is 14.4 Å². The van der Waals surface area contributed by atoms with Crippen LogP contribution in [-0.4, -0.2) is 215 Å². The molecule has 7 aromatic rings. The molecule has 700 valence electrons. The first-order chi connectivity index (χ1) is 63.7. The number of piperidine rings is 2. The number of aliphatic imine (C=N–C) groups is 1. The van der Waals surface area contributed by atoms with Crippen molar-refractivity contribution in [3.8, 4) is 11.1 Å². The number of unbranched alkanes of at least 4 members (excludes halogenated alkanes) is 1. The number of hydrogen-bond acceptors (Lipinski definition) is 18. The Morgan fingerprint density at radius 3 is 1.98 bits per heavy atom. The molecule has 0 bridgehead atoms. The second-order valence-electron chi connectivity index (χ2n) is 34.8. The van der Waals surface area contributed by atoms with Gasteiger partial charge in [0.2, 0.25) is 52.9 Å². The number of rotatable bonds is 34. The highest BCUT2D eigenvalue weighted by Gasteiger charge is 2.43. The van der Waals surface area contributed by atoms with Gasteiger partial charge in [-0.05, 0) is 179 Å². The van der Waals surface area contributed by atoms with Crippen molar-refractivity contribution in [2.75, 3.05) is 52.4 Å². The number of nitrogens with two attached hydrogens (primary N) is 3. The molecule has 13 rings (SSSR count). The normalized spacial score (nSPS) is 20.0. The standard InChI is InChI=1S/C39H46N8O5.C33H37N5O6.C28H41N3O5/c1-24-13-15-26(16-14-24)19-32-37(51)47-33(18-25-8-3-2-4-9-25)38(52)46-31(12-7-17-42-39(40)41)34(48)21-27(36(50)44-23-35(49)45-32)20-28-22-43-30-11-6-5-10-29(28)30;1-20(34)12-13-27(31(40)38-16-6-11-29(38)32(41)42)36-30(39)28(17-21-14-15-35-18-21)37-33(43)44-19-26-24-9-4-2-7-22(24)23-8-3-5-10-25(23)26;1-3-24(26(33)25(32)14-8-11-17-30-15-9-5-10-16-30)31-19-21(2)18-23(27(31)34)29-28(35)36-20-22-12-6-4-7-13-22/h2-6,8-11,13-16,22,27,31-33,43H,7,12,17-21,23H2,1H3,(H,44,50)(H,45,49)(H,46,52)(H,47,51)(H4,40,41,42);2-5,7-10,15,18,26-29H,1,6,11-14,16-17,19,34H2,(H,36,39)(H,37,43)(H,41,42);4,6-7,12-13,21,23-24H,3,5,8-11,14-20H2,1-2H3,(H,29,35)/p+1/t27-,31-,32+,33-;27-,28-,29-;21?,23-,24-/m001/s1. The lowest BCUT2D eigenvalue weighted by atomic mass is 9.90. The summed E-state index contributed by atoms with van der Waals surface area (Å²) in [5.41, 5.74) is 27.6. The molecule has 9 amide bonds. The number of carboxylic acids is 1. The van der Waals surface area contributed by atoms with Crippen molar-refractivity contribution in [1.29, 1.82) is 0 Å². The van der Waals surface area contributed by atoms with E-state index in [1.807, 2.05) is 185 Å². The summed E-state index contributed by atoms with van der Waals surface area (Å²) in [6.07, 6.45) is 12.9. The van der Waals surface area contributed by atoms with Crippen molar-refractivity contribution in [3.63, 3.8) is 0 Å². The number of aliphatic carboxylic acids is 1. The quantitative estimate of drug-likeness (QED) is 0.00837. The number of amides is 9. The zero-order valence-electron chi connectivity index (χ0n) is 75.4. The first kappa shape index (κ1) is 98.9. The van der Waals surface area contributed by atoms with Crippen molar-refractivity contribution in [2.24, 2.45) is 34.0 Å². The molecule has 0 spiro atoms. The topological polar surface area (TPSA) is 475 Å². The number of aromatic amines is 1. The Bertz CT molecular complexity index is 5260. The molecule has 6 aromatic carbocycles. The number of allylic oxidation sites excluding steroid dienone is 1. The maximum Gasteiger partial charge on any atom is 0.408 e. The number of carbonyl (C=O) groups excluding carboxylic acids is 12. The predicted octanol–water partition coefficient (Wildman–Crippen LogP) is 6.98. The Morgan fingerprint density at radius 2 is 1.32 bits per heavy atom. The number of benzene rings is 6. The van der Waals surface area contributed by atoms with E-state index in [2.05, 4.69) is 63.7 Å². The smallest absolute Gasteiger partial charge is 0.408 e. The number of guanidine groups is 1. The minimum absolute atomic E-state index is 0.0295. The number of para-hydroxylation sites is 1. The maximum atomic E-state index is 14.1. The molecule has 6 aliphatic rings. The van der Waals surface area contributed by atoms with Crippen LogP contribution in [0.2, 0.25) is 0 Å². The fourth-order valence-corrected chi connectivity index (χ4v) is 17.7. The number of carbonyl (C=O) groups is 13. The number of nitrogens with zero attached hydrogens (tertiary/aromatic N) is 4. The number of nitrogens with one attached hydrogen (secondary N) is 9. The molecule has 1 aromatic heterocycles. The lowest BCUT2D eigenvalue weighted by Gasteiger charge is -2.39. The molecule has 4 saturated heterocycles. The van der Waals surface area contributed by atoms with Gasteiger partial charge < -0.3 is 77.2 Å². The van der Waals surface area contributed by atoms with Crippen LogP contribution in [0.1, 0.15) is 168 Å². The van der Waals surface area contributed by atoms with Crippen LogP contribution in [0.3, 0.4) is 0 Å². The first-order valence-electron chi connectivity index (χ1n) is 45.8. The fourth-order valence-electron chi connectivity index (χ4n) is 17.7. The van der Waals surface area contributed by atoms with Gasteiger partial charge in [-0.2, -0.15) is 0 Å². The van der Waals surface area contributed by atoms with E-state index in [1.165, 1.54) is 29.1 Å². The molecule has 5 aliphatic heterocycles. The molecule has 32 heteroatoms. The van der Waals surface area contributed by atoms with E-state index in [-0.39, 0.29) is 107 Å². The third kappa shape index (κ3) is 28.9. The lowest BCUT2D eigenvalue weighted by molar-refractivity contribution is -0.459. The third-order valence-electron chi connectivity index (χ3n) is 24.7. The fraction of sp³-hybridized carbons (Fsp3) is 0.430. The summed E-state index contributed by atoms with van der Waals surface area (Å²) in [5.74, 6) is -6.93. The van der Waals surface area contributed by atoms with E-state index < -0.39 is 126 Å². The second kappa shape index (κ2) is 49.4. The molecule has 32 nitrogen and oxygen atoms in total. The highest BCUT2D eigenvalue weighted by atomic mass is 16.6. The molecule has 4 fully saturated rings. The number of H-pyrrole nitrogens is 1. The predicted molar refractivity (Wildman–Crippen MR) is 499 cm³/mol. The van der Waals surface area contributed by atoms with Crippen LogP contribution in [-0.2, 0) is 88.1 Å². The van der Waals surface area contributed by atoms with Crippen molar-refractivity contribution in [3.05, 3.63) is 227 Å². The Labute approximate surface area is 769 Å². The van der Waals surface area contributed by atoms with E-state index in [0.29, 0.717) is 63.7 Å². The molecular formula is C100H125N16O16+. The van der Waals surface area contributed by atoms with Gasteiger partial charge in [0.15, 0.2) is 5.78 Å². The molecule has 1 unspecified atom stereocenters. The highest BCUT2D eigenvalue weighted by molar-refractivity contribution is 6.39. The van der Waals surface area contributed by atoms with Crippen LogP contribution in [0.5, 0.6) is 0 Å². The van der Waals surface area contributed by atoms with Crippen LogP contribution in [0.4, 0.5) is 9.59 Å². The van der Waals surface area contributed by atoms with Gasteiger partial charge in [-0.3, -0.25) is 69.4 Å². The van der Waals surface area contributed by atoms with Gasteiger partial charge in [0.05, 0.1) is 25.2 Å². The van der Waals surface area contributed by atoms with Gasteiger partial charge in [0.1, 0.15) is 49.5 Å². The molecular weight excluding hydrogens is 1680 g/mol. The lowest BCUT2D eigenvalue weighted by Crippen LogP contribution is -2.78. The summed E-state index contributed by atoms with van der Waals surface area (Å²) in [7, 11) is 0.